The van der Waals surface area contributed by atoms with Crippen molar-refractivity contribution in [2.24, 2.45) is 11.3 Å². The minimum absolute atomic E-state index is 0.470. The summed E-state index contributed by atoms with van der Waals surface area (Å²) in [5, 5.41) is 1.39. The van der Waals surface area contributed by atoms with Gasteiger partial charge < -0.3 is 4.98 Å². The van der Waals surface area contributed by atoms with E-state index in [1.54, 1.807) is 0 Å². The van der Waals surface area contributed by atoms with Crippen LogP contribution < -0.4 is 0 Å². The van der Waals surface area contributed by atoms with Crippen LogP contribution in [0.5, 0.6) is 0 Å². The molecule has 22 heavy (non-hydrogen) atoms. The summed E-state index contributed by atoms with van der Waals surface area (Å²) in [7, 11) is 0. The van der Waals surface area contributed by atoms with Crippen molar-refractivity contribution in [1.29, 1.82) is 0 Å². The largest absolute Gasteiger partial charge is 0.361 e. The molecule has 3 heterocycles. The fourth-order valence-corrected chi connectivity index (χ4v) is 4.57. The van der Waals surface area contributed by atoms with Gasteiger partial charge in [0.15, 0.2) is 0 Å². The van der Waals surface area contributed by atoms with E-state index >= 15 is 0 Å². The van der Waals surface area contributed by atoms with Gasteiger partial charge in [-0.15, -0.1) is 0 Å². The molecule has 3 aliphatic rings. The van der Waals surface area contributed by atoms with Crippen molar-refractivity contribution in [3.05, 3.63) is 48.2 Å². The summed E-state index contributed by atoms with van der Waals surface area (Å²) in [5.74, 6) is 0.762. The normalized spacial score (nSPS) is 31.2. The maximum absolute atomic E-state index is 3.40. The molecule has 2 heteroatoms. The molecular formula is C20H26N2. The van der Waals surface area contributed by atoms with E-state index in [2.05, 4.69) is 66.3 Å². The molecule has 2 nitrogen and oxygen atoms in total. The monoisotopic (exact) mass is 294 g/mol. The Morgan fingerprint density at radius 2 is 2.14 bits per heavy atom. The third kappa shape index (κ3) is 2.21. The summed E-state index contributed by atoms with van der Waals surface area (Å²) >= 11 is 0. The number of para-hydroxylation sites is 1. The van der Waals surface area contributed by atoms with Gasteiger partial charge in [0.25, 0.3) is 0 Å². The first-order valence-corrected chi connectivity index (χ1v) is 8.67. The second-order valence-electron chi connectivity index (χ2n) is 7.41. The van der Waals surface area contributed by atoms with E-state index in [9.17, 15) is 0 Å². The Balaban J connectivity index is 1.51. The Labute approximate surface area is 133 Å². The van der Waals surface area contributed by atoms with Crippen LogP contribution in [0.3, 0.4) is 0 Å². The van der Waals surface area contributed by atoms with Crippen LogP contribution in [0.1, 0.15) is 32.3 Å². The summed E-state index contributed by atoms with van der Waals surface area (Å²) in [6, 6.07) is 9.27. The Morgan fingerprint density at radius 1 is 1.27 bits per heavy atom. The molecule has 0 spiro atoms. The average Bonchev–Trinajstić information content (AvgIpc) is 2.96. The quantitative estimate of drug-likeness (QED) is 0.829. The zero-order chi connectivity index (χ0) is 15.2. The van der Waals surface area contributed by atoms with Gasteiger partial charge in [-0.3, -0.25) is 4.90 Å². The molecule has 1 saturated heterocycles. The number of nitrogens with zero attached hydrogens (tertiary/aromatic N) is 1. The van der Waals surface area contributed by atoms with Gasteiger partial charge in [-0.25, -0.2) is 0 Å². The molecule has 116 valence electrons. The molecule has 2 aromatic rings. The molecular weight excluding hydrogens is 268 g/mol. The predicted molar refractivity (Wildman–Crippen MR) is 93.0 cm³/mol. The van der Waals surface area contributed by atoms with Crippen LogP contribution in [0.4, 0.5) is 0 Å². The summed E-state index contributed by atoms with van der Waals surface area (Å²) in [4.78, 5) is 6.13. The van der Waals surface area contributed by atoms with E-state index in [1.165, 1.54) is 42.4 Å². The number of nitrogens with one attached hydrogen (secondary N) is 1. The van der Waals surface area contributed by atoms with Crippen molar-refractivity contribution in [3.63, 3.8) is 0 Å². The summed E-state index contributed by atoms with van der Waals surface area (Å²) in [6.45, 7) is 7.25. The van der Waals surface area contributed by atoms with Gasteiger partial charge in [-0.05, 0) is 42.2 Å². The predicted octanol–water partition coefficient (Wildman–Crippen LogP) is 4.39. The van der Waals surface area contributed by atoms with Crippen LogP contribution in [-0.2, 0) is 6.42 Å². The highest BCUT2D eigenvalue weighted by Crippen LogP contribution is 2.45. The summed E-state index contributed by atoms with van der Waals surface area (Å²) < 4.78 is 0. The van der Waals surface area contributed by atoms with Crippen LogP contribution in [0.25, 0.3) is 10.9 Å². The van der Waals surface area contributed by atoms with Crippen LogP contribution >= 0.6 is 0 Å². The first-order chi connectivity index (χ1) is 10.7. The van der Waals surface area contributed by atoms with Crippen LogP contribution in [0, 0.1) is 11.3 Å². The number of benzene rings is 1. The molecule has 3 unspecified atom stereocenters. The highest BCUT2D eigenvalue weighted by molar-refractivity contribution is 5.83. The lowest BCUT2D eigenvalue weighted by atomic mass is 9.65. The lowest BCUT2D eigenvalue weighted by molar-refractivity contribution is 0.0167. The number of piperidine rings is 1. The van der Waals surface area contributed by atoms with Gasteiger partial charge in [0, 0.05) is 36.2 Å². The Morgan fingerprint density at radius 3 is 2.95 bits per heavy atom. The third-order valence-corrected chi connectivity index (χ3v) is 6.02. The van der Waals surface area contributed by atoms with Crippen LogP contribution in [0.15, 0.2) is 42.6 Å². The first kappa shape index (κ1) is 14.1. The molecule has 1 N–H and O–H groups in total. The summed E-state index contributed by atoms with van der Waals surface area (Å²) in [5.41, 5.74) is 3.19. The lowest BCUT2D eigenvalue weighted by Crippen LogP contribution is -2.55. The van der Waals surface area contributed by atoms with Crippen molar-refractivity contribution in [3.8, 4) is 0 Å². The molecule has 1 aliphatic carbocycles. The molecule has 0 amide bonds. The van der Waals surface area contributed by atoms with Crippen LogP contribution in [0.2, 0.25) is 0 Å². The molecule has 2 aliphatic heterocycles. The topological polar surface area (TPSA) is 19.0 Å². The maximum Gasteiger partial charge on any atom is 0.0456 e. The Kier molecular flexibility index (Phi) is 3.37. The minimum atomic E-state index is 0.470. The first-order valence-electron chi connectivity index (χ1n) is 8.67. The van der Waals surface area contributed by atoms with E-state index in [0.29, 0.717) is 11.5 Å². The van der Waals surface area contributed by atoms with Gasteiger partial charge >= 0.3 is 0 Å². The molecule has 1 aromatic heterocycles. The lowest BCUT2D eigenvalue weighted by Gasteiger charge is -2.52. The Bertz CT molecular complexity index is 699. The molecule has 5 rings (SSSR count). The molecule has 0 radical (unpaired) electrons. The van der Waals surface area contributed by atoms with Crippen molar-refractivity contribution in [2.45, 2.75) is 39.2 Å². The average molecular weight is 294 g/mol. The van der Waals surface area contributed by atoms with Crippen molar-refractivity contribution >= 4 is 10.9 Å². The highest BCUT2D eigenvalue weighted by Gasteiger charge is 2.44. The SMILES string of the molecule is CCC1(C)CC2C=CC1N(CCc1c[nH]c3ccccc13)C2. The van der Waals surface area contributed by atoms with Gasteiger partial charge in [0.2, 0.25) is 0 Å². The maximum atomic E-state index is 3.40. The molecule has 1 fully saturated rings. The molecule has 2 bridgehead atoms. The standard InChI is InChI=1S/C20H26N2/c1-3-20(2)12-15-8-9-19(20)22(14-15)11-10-16-13-21-18-7-5-4-6-17(16)18/h4-9,13,15,19,21H,3,10-12,14H2,1-2H3. The van der Waals surface area contributed by atoms with Crippen LogP contribution in [-0.4, -0.2) is 29.0 Å². The fourth-order valence-electron chi connectivity index (χ4n) is 4.57. The van der Waals surface area contributed by atoms with Crippen molar-refractivity contribution in [2.75, 3.05) is 13.1 Å². The Hall–Kier alpha value is -1.54. The highest BCUT2D eigenvalue weighted by atomic mass is 15.2. The number of aromatic amines is 1. The van der Waals surface area contributed by atoms with Gasteiger partial charge in [-0.1, -0.05) is 44.2 Å². The zero-order valence-corrected chi connectivity index (χ0v) is 13.7. The molecule has 1 aromatic carbocycles. The number of hydrogen-bond donors (Lipinski definition) is 1. The van der Waals surface area contributed by atoms with Crippen molar-refractivity contribution in [1.82, 2.24) is 9.88 Å². The third-order valence-electron chi connectivity index (χ3n) is 6.02. The smallest absolute Gasteiger partial charge is 0.0456 e. The van der Waals surface area contributed by atoms with E-state index in [-0.39, 0.29) is 0 Å². The van der Waals surface area contributed by atoms with Crippen molar-refractivity contribution < 1.29 is 0 Å². The minimum Gasteiger partial charge on any atom is -0.361 e. The van der Waals surface area contributed by atoms with Gasteiger partial charge in [0.05, 0.1) is 0 Å². The molecule has 0 saturated carbocycles. The number of aromatic nitrogens is 1. The number of rotatable bonds is 4. The summed E-state index contributed by atoms with van der Waals surface area (Å²) in [6.07, 6.45) is 10.9. The zero-order valence-electron chi connectivity index (χ0n) is 13.7. The number of fused-ring (bicyclic) bond motifs is 3. The number of H-pyrrole nitrogens is 1. The second kappa shape index (κ2) is 5.27. The van der Waals surface area contributed by atoms with E-state index in [1.807, 2.05) is 0 Å². The fraction of sp³-hybridized carbons (Fsp3) is 0.500. The van der Waals surface area contributed by atoms with E-state index < -0.39 is 0 Å². The van der Waals surface area contributed by atoms with E-state index in [0.717, 1.165) is 12.3 Å². The number of hydrogen-bond acceptors (Lipinski definition) is 1. The second-order valence-corrected chi connectivity index (χ2v) is 7.41. The van der Waals surface area contributed by atoms with Gasteiger partial charge in [0.1, 0.15) is 0 Å². The van der Waals surface area contributed by atoms with Gasteiger partial charge in [-0.2, -0.15) is 0 Å². The molecule has 3 atom stereocenters. The van der Waals surface area contributed by atoms with E-state index in [4.69, 9.17) is 0 Å².